The fourth-order valence-corrected chi connectivity index (χ4v) is 0.369. The molecule has 0 aliphatic carbocycles. The van der Waals surface area contributed by atoms with E-state index in [9.17, 15) is 0 Å². The van der Waals surface area contributed by atoms with E-state index in [4.69, 9.17) is 15.6 Å². The topological polar surface area (TPSA) is 55.5 Å². The van der Waals surface area contributed by atoms with Crippen molar-refractivity contribution in [1.29, 1.82) is 0 Å². The number of ether oxygens (including phenoxy) is 1. The van der Waals surface area contributed by atoms with Gasteiger partial charge in [0.15, 0.2) is 0 Å². The van der Waals surface area contributed by atoms with E-state index in [-0.39, 0.29) is 31.2 Å². The minimum Gasteiger partial charge on any atom is -0.395 e. The lowest BCUT2D eigenvalue weighted by Gasteiger charge is -2.10. The van der Waals surface area contributed by atoms with Gasteiger partial charge in [0.1, 0.15) is 0 Å². The second kappa shape index (κ2) is 7.28. The third-order valence-corrected chi connectivity index (χ3v) is 0.878. The van der Waals surface area contributed by atoms with E-state index in [0.717, 1.165) is 0 Å². The molecule has 1 unspecified atom stereocenters. The van der Waals surface area contributed by atoms with Crippen molar-refractivity contribution in [3.05, 3.63) is 0 Å². The summed E-state index contributed by atoms with van der Waals surface area (Å²) in [6.45, 7) is 4.30. The Morgan fingerprint density at radius 3 is 2.30 bits per heavy atom. The first-order chi connectivity index (χ1) is 4.16. The second-order valence-corrected chi connectivity index (χ2v) is 2.32. The average molecular weight is 170 g/mol. The van der Waals surface area contributed by atoms with Crippen LogP contribution in [-0.4, -0.2) is 30.5 Å². The molecule has 0 fully saturated rings. The van der Waals surface area contributed by atoms with E-state index >= 15 is 0 Å². The summed E-state index contributed by atoms with van der Waals surface area (Å²) in [4.78, 5) is 0. The van der Waals surface area contributed by atoms with Crippen molar-refractivity contribution in [3.63, 3.8) is 0 Å². The van der Waals surface area contributed by atoms with Gasteiger partial charge in [-0.05, 0) is 13.8 Å². The molecule has 0 amide bonds. The molecule has 0 aromatic heterocycles. The SMILES string of the molecule is CC(C)OCC(N)CO.Cl. The van der Waals surface area contributed by atoms with Gasteiger partial charge in [-0.25, -0.2) is 0 Å². The number of aliphatic hydroxyl groups excluding tert-OH is 1. The maximum absolute atomic E-state index is 8.44. The Labute approximate surface area is 68.0 Å². The molecule has 0 spiro atoms. The van der Waals surface area contributed by atoms with Gasteiger partial charge in [-0.15, -0.1) is 12.4 Å². The molecule has 0 saturated heterocycles. The highest BCUT2D eigenvalue weighted by molar-refractivity contribution is 5.85. The van der Waals surface area contributed by atoms with Crippen molar-refractivity contribution in [1.82, 2.24) is 0 Å². The van der Waals surface area contributed by atoms with Crippen LogP contribution in [-0.2, 0) is 4.74 Å². The first-order valence-electron chi connectivity index (χ1n) is 3.15. The Morgan fingerprint density at radius 2 is 2.00 bits per heavy atom. The summed E-state index contributed by atoms with van der Waals surface area (Å²) in [6, 6.07) is -0.229. The van der Waals surface area contributed by atoms with Crippen molar-refractivity contribution >= 4 is 12.4 Å². The zero-order valence-electron chi connectivity index (χ0n) is 6.41. The molecule has 3 N–H and O–H groups in total. The number of nitrogens with two attached hydrogens (primary N) is 1. The van der Waals surface area contributed by atoms with Crippen LogP contribution in [0.2, 0.25) is 0 Å². The summed E-state index contributed by atoms with van der Waals surface area (Å²) in [6.07, 6.45) is 0.197. The quantitative estimate of drug-likeness (QED) is 0.630. The molecule has 0 aliphatic rings. The van der Waals surface area contributed by atoms with Gasteiger partial charge in [0.05, 0.1) is 25.4 Å². The molecule has 0 heterocycles. The molecule has 0 bridgehead atoms. The molecule has 0 radical (unpaired) electrons. The fraction of sp³-hybridized carbons (Fsp3) is 1.00. The standard InChI is InChI=1S/C6H15NO2.ClH/c1-5(2)9-4-6(7)3-8;/h5-6,8H,3-4,7H2,1-2H3;1H. The van der Waals surface area contributed by atoms with Crippen LogP contribution in [0.4, 0.5) is 0 Å². The van der Waals surface area contributed by atoms with E-state index in [0.29, 0.717) is 6.61 Å². The van der Waals surface area contributed by atoms with E-state index in [1.807, 2.05) is 13.8 Å². The highest BCUT2D eigenvalue weighted by atomic mass is 35.5. The maximum Gasteiger partial charge on any atom is 0.0643 e. The molecule has 10 heavy (non-hydrogen) atoms. The minimum absolute atomic E-state index is 0. The van der Waals surface area contributed by atoms with Crippen LogP contribution in [0.25, 0.3) is 0 Å². The van der Waals surface area contributed by atoms with Crippen molar-refractivity contribution in [2.45, 2.75) is 26.0 Å². The number of hydrogen-bond acceptors (Lipinski definition) is 3. The van der Waals surface area contributed by atoms with Crippen LogP contribution < -0.4 is 5.73 Å². The predicted octanol–water partition coefficient (Wildman–Crippen LogP) is 0.153. The lowest BCUT2D eigenvalue weighted by Crippen LogP contribution is -2.31. The summed E-state index contributed by atoms with van der Waals surface area (Å²) >= 11 is 0. The van der Waals surface area contributed by atoms with Crippen LogP contribution in [0.15, 0.2) is 0 Å². The zero-order chi connectivity index (χ0) is 7.28. The monoisotopic (exact) mass is 169 g/mol. The number of hydrogen-bond donors (Lipinski definition) is 2. The Kier molecular flexibility index (Phi) is 9.33. The van der Waals surface area contributed by atoms with Gasteiger partial charge in [0, 0.05) is 0 Å². The molecule has 0 saturated carbocycles. The molecular formula is C6H16ClNO2. The molecule has 0 aromatic carbocycles. The average Bonchev–Trinajstić information content (AvgIpc) is 1.83. The Balaban J connectivity index is 0. The molecule has 0 aromatic rings. The van der Waals surface area contributed by atoms with Gasteiger partial charge >= 0.3 is 0 Å². The largest absolute Gasteiger partial charge is 0.395 e. The van der Waals surface area contributed by atoms with E-state index in [1.54, 1.807) is 0 Å². The van der Waals surface area contributed by atoms with Crippen LogP contribution in [0.3, 0.4) is 0 Å². The minimum atomic E-state index is -0.229. The first kappa shape index (κ1) is 12.8. The summed E-state index contributed by atoms with van der Waals surface area (Å²) in [7, 11) is 0. The van der Waals surface area contributed by atoms with Crippen LogP contribution in [0.5, 0.6) is 0 Å². The van der Waals surface area contributed by atoms with Crippen LogP contribution >= 0.6 is 12.4 Å². The smallest absolute Gasteiger partial charge is 0.0643 e. The fourth-order valence-electron chi connectivity index (χ4n) is 0.369. The third kappa shape index (κ3) is 8.17. The predicted molar refractivity (Wildman–Crippen MR) is 43.4 cm³/mol. The van der Waals surface area contributed by atoms with Gasteiger partial charge in [-0.1, -0.05) is 0 Å². The summed E-state index contributed by atoms with van der Waals surface area (Å²) in [5.74, 6) is 0. The normalized spacial score (nSPS) is 12.9. The molecule has 1 atom stereocenters. The van der Waals surface area contributed by atoms with E-state index in [1.165, 1.54) is 0 Å². The van der Waals surface area contributed by atoms with Gasteiger partial charge in [-0.2, -0.15) is 0 Å². The van der Waals surface area contributed by atoms with Crippen molar-refractivity contribution < 1.29 is 9.84 Å². The van der Waals surface area contributed by atoms with Gasteiger partial charge in [0.25, 0.3) is 0 Å². The summed E-state index contributed by atoms with van der Waals surface area (Å²) < 4.78 is 5.11. The Bertz CT molecular complexity index is 70.8. The first-order valence-corrected chi connectivity index (χ1v) is 3.15. The van der Waals surface area contributed by atoms with Crippen LogP contribution in [0, 0.1) is 0 Å². The molecular weight excluding hydrogens is 154 g/mol. The van der Waals surface area contributed by atoms with E-state index < -0.39 is 0 Å². The highest BCUT2D eigenvalue weighted by Crippen LogP contribution is 1.88. The Hall–Kier alpha value is 0.170. The molecule has 0 aliphatic heterocycles. The highest BCUT2D eigenvalue weighted by Gasteiger charge is 2.00. The lowest BCUT2D eigenvalue weighted by molar-refractivity contribution is 0.0562. The number of halogens is 1. The van der Waals surface area contributed by atoms with E-state index in [2.05, 4.69) is 0 Å². The number of rotatable bonds is 4. The zero-order valence-corrected chi connectivity index (χ0v) is 7.23. The molecule has 3 nitrogen and oxygen atoms in total. The Morgan fingerprint density at radius 1 is 1.50 bits per heavy atom. The van der Waals surface area contributed by atoms with Crippen LogP contribution in [0.1, 0.15) is 13.8 Å². The summed E-state index contributed by atoms with van der Waals surface area (Å²) in [5, 5.41) is 8.44. The number of aliphatic hydroxyl groups is 1. The van der Waals surface area contributed by atoms with Crippen molar-refractivity contribution in [2.75, 3.05) is 13.2 Å². The van der Waals surface area contributed by atoms with Gasteiger partial charge in [0.2, 0.25) is 0 Å². The second-order valence-electron chi connectivity index (χ2n) is 2.32. The van der Waals surface area contributed by atoms with Crippen molar-refractivity contribution in [3.8, 4) is 0 Å². The van der Waals surface area contributed by atoms with Gasteiger partial charge < -0.3 is 15.6 Å². The summed E-state index contributed by atoms with van der Waals surface area (Å²) in [5.41, 5.74) is 5.35. The van der Waals surface area contributed by atoms with Gasteiger partial charge in [-0.3, -0.25) is 0 Å². The maximum atomic E-state index is 8.44. The molecule has 0 rings (SSSR count). The molecule has 4 heteroatoms. The van der Waals surface area contributed by atoms with Crippen molar-refractivity contribution in [2.24, 2.45) is 5.73 Å². The third-order valence-electron chi connectivity index (χ3n) is 0.878. The molecule has 64 valence electrons. The lowest BCUT2D eigenvalue weighted by atomic mass is 10.3.